The molecule has 0 aromatic carbocycles. The first-order chi connectivity index (χ1) is 12.3. The normalized spacial score (nSPS) is 16.9. The summed E-state index contributed by atoms with van der Waals surface area (Å²) in [5.41, 5.74) is 4.67. The average Bonchev–Trinajstić information content (AvgIpc) is 3.38. The largest absolute Gasteiger partial charge is 0.350 e. The van der Waals surface area contributed by atoms with Crippen LogP contribution in [0, 0.1) is 0 Å². The molecule has 134 valence electrons. The van der Waals surface area contributed by atoms with E-state index in [9.17, 15) is 4.79 Å². The molecule has 1 aliphatic heterocycles. The summed E-state index contributed by atoms with van der Waals surface area (Å²) in [5.74, 6) is 0.0725. The molecule has 7 heteroatoms. The van der Waals surface area contributed by atoms with Crippen molar-refractivity contribution in [1.82, 2.24) is 20.5 Å². The highest BCUT2D eigenvalue weighted by molar-refractivity contribution is 7.13. The van der Waals surface area contributed by atoms with E-state index in [4.69, 9.17) is 0 Å². The van der Waals surface area contributed by atoms with Crippen LogP contribution < -0.4 is 10.2 Å². The summed E-state index contributed by atoms with van der Waals surface area (Å²) in [7, 11) is 0. The second-order valence-corrected chi connectivity index (χ2v) is 7.76. The van der Waals surface area contributed by atoms with Crippen LogP contribution in [0.3, 0.4) is 0 Å². The zero-order chi connectivity index (χ0) is 17.1. The lowest BCUT2D eigenvalue weighted by Crippen LogP contribution is -2.23. The van der Waals surface area contributed by atoms with Crippen LogP contribution in [0.25, 0.3) is 0 Å². The third kappa shape index (κ3) is 3.86. The molecule has 2 N–H and O–H groups in total. The fourth-order valence-corrected chi connectivity index (χ4v) is 4.58. The quantitative estimate of drug-likeness (QED) is 0.831. The minimum absolute atomic E-state index is 0.0725. The van der Waals surface area contributed by atoms with E-state index in [2.05, 4.69) is 30.8 Å². The molecule has 0 spiro atoms. The number of H-pyrrole nitrogens is 1. The lowest BCUT2D eigenvalue weighted by atomic mass is 9.95. The van der Waals surface area contributed by atoms with Gasteiger partial charge in [-0.15, -0.1) is 11.3 Å². The number of hydrogen-bond donors (Lipinski definition) is 2. The Morgan fingerprint density at radius 2 is 2.08 bits per heavy atom. The molecule has 1 amide bonds. The number of nitrogens with zero attached hydrogens (tertiary/aromatic N) is 3. The van der Waals surface area contributed by atoms with Crippen molar-refractivity contribution < 1.29 is 4.79 Å². The van der Waals surface area contributed by atoms with Crippen LogP contribution in [-0.4, -0.2) is 34.2 Å². The van der Waals surface area contributed by atoms with Gasteiger partial charge in [-0.1, -0.05) is 0 Å². The second kappa shape index (κ2) is 7.56. The number of aromatic amines is 1. The predicted molar refractivity (Wildman–Crippen MR) is 99.0 cm³/mol. The zero-order valence-electron chi connectivity index (χ0n) is 14.5. The van der Waals surface area contributed by atoms with Crippen LogP contribution in [0.15, 0.2) is 5.38 Å². The van der Waals surface area contributed by atoms with Crippen molar-refractivity contribution in [3.63, 3.8) is 0 Å². The summed E-state index contributed by atoms with van der Waals surface area (Å²) in [4.78, 5) is 19.1. The number of aryl methyl sites for hydroxylation is 2. The van der Waals surface area contributed by atoms with E-state index < -0.39 is 0 Å². The number of carbonyl (C=O) groups excluding carboxylic acids is 1. The number of nitrogens with one attached hydrogen (secondary N) is 2. The lowest BCUT2D eigenvalue weighted by Gasteiger charge is -2.12. The Bertz CT molecular complexity index is 732. The maximum atomic E-state index is 12.2. The second-order valence-electron chi connectivity index (χ2n) is 6.93. The molecule has 6 nitrogen and oxygen atoms in total. The Balaban J connectivity index is 1.25. The number of thiazole rings is 1. The van der Waals surface area contributed by atoms with E-state index in [-0.39, 0.29) is 5.91 Å². The first kappa shape index (κ1) is 16.6. The standard InChI is InChI=1S/C18H25N5OS/c24-17(8-7-16-14-5-1-2-6-15(14)21-22-16)19-11-13-12-25-18(20-13)23-9-3-4-10-23/h12H,1-11H2,(H,19,24)(H,21,22). The molecule has 1 saturated heterocycles. The van der Waals surface area contributed by atoms with Gasteiger partial charge in [-0.3, -0.25) is 9.89 Å². The number of anilines is 1. The van der Waals surface area contributed by atoms with Crippen molar-refractivity contribution in [3.05, 3.63) is 28.0 Å². The Morgan fingerprint density at radius 1 is 1.24 bits per heavy atom. The Hall–Kier alpha value is -1.89. The molecule has 2 aliphatic rings. The molecule has 4 rings (SSSR count). The monoisotopic (exact) mass is 359 g/mol. The number of hydrogen-bond acceptors (Lipinski definition) is 5. The number of amides is 1. The van der Waals surface area contributed by atoms with Gasteiger partial charge in [0.2, 0.25) is 5.91 Å². The van der Waals surface area contributed by atoms with Crippen molar-refractivity contribution in [3.8, 4) is 0 Å². The van der Waals surface area contributed by atoms with Crippen LogP contribution in [0.2, 0.25) is 0 Å². The van der Waals surface area contributed by atoms with Crippen molar-refractivity contribution in [1.29, 1.82) is 0 Å². The van der Waals surface area contributed by atoms with Crippen LogP contribution in [0.4, 0.5) is 5.13 Å². The third-order valence-electron chi connectivity index (χ3n) is 5.11. The van der Waals surface area contributed by atoms with Gasteiger partial charge in [-0.25, -0.2) is 4.98 Å². The van der Waals surface area contributed by atoms with Gasteiger partial charge in [0.25, 0.3) is 0 Å². The molecule has 25 heavy (non-hydrogen) atoms. The number of carbonyl (C=O) groups is 1. The fourth-order valence-electron chi connectivity index (χ4n) is 3.70. The van der Waals surface area contributed by atoms with Gasteiger partial charge in [-0.2, -0.15) is 5.10 Å². The summed E-state index contributed by atoms with van der Waals surface area (Å²) in [6, 6.07) is 0. The van der Waals surface area contributed by atoms with Gasteiger partial charge in [0, 0.05) is 37.0 Å². The third-order valence-corrected chi connectivity index (χ3v) is 6.06. The molecule has 0 atom stereocenters. The summed E-state index contributed by atoms with van der Waals surface area (Å²) in [6.07, 6.45) is 8.37. The van der Waals surface area contributed by atoms with Crippen LogP contribution in [-0.2, 0) is 30.6 Å². The zero-order valence-corrected chi connectivity index (χ0v) is 15.3. The fraction of sp³-hybridized carbons (Fsp3) is 0.611. The summed E-state index contributed by atoms with van der Waals surface area (Å²) < 4.78 is 0. The summed E-state index contributed by atoms with van der Waals surface area (Å²) >= 11 is 1.67. The molecule has 0 saturated carbocycles. The van der Waals surface area contributed by atoms with Crippen molar-refractivity contribution in [2.75, 3.05) is 18.0 Å². The lowest BCUT2D eigenvalue weighted by molar-refractivity contribution is -0.121. The minimum atomic E-state index is 0.0725. The Kier molecular flexibility index (Phi) is 5.01. The molecule has 0 bridgehead atoms. The molecule has 1 fully saturated rings. The maximum Gasteiger partial charge on any atom is 0.220 e. The number of fused-ring (bicyclic) bond motifs is 1. The topological polar surface area (TPSA) is 73.9 Å². The molecule has 3 heterocycles. The van der Waals surface area contributed by atoms with Gasteiger partial charge in [0.05, 0.1) is 17.9 Å². The summed E-state index contributed by atoms with van der Waals surface area (Å²) in [6.45, 7) is 2.72. The molecular formula is C18H25N5OS. The van der Waals surface area contributed by atoms with Crippen molar-refractivity contribution in [2.45, 2.75) is 57.9 Å². The Labute approximate surface area is 152 Å². The van der Waals surface area contributed by atoms with E-state index in [0.29, 0.717) is 19.4 Å². The smallest absolute Gasteiger partial charge is 0.220 e. The van der Waals surface area contributed by atoms with E-state index in [1.165, 1.54) is 36.9 Å². The molecule has 0 unspecified atom stereocenters. The van der Waals surface area contributed by atoms with E-state index in [1.54, 1.807) is 11.3 Å². The molecular weight excluding hydrogens is 334 g/mol. The van der Waals surface area contributed by atoms with Crippen LogP contribution in [0.1, 0.15) is 54.7 Å². The van der Waals surface area contributed by atoms with Crippen molar-refractivity contribution in [2.24, 2.45) is 0 Å². The van der Waals surface area contributed by atoms with E-state index in [0.717, 1.165) is 42.5 Å². The SMILES string of the molecule is O=C(CCc1n[nH]c2c1CCCC2)NCc1csc(N2CCCC2)n1. The number of aromatic nitrogens is 3. The van der Waals surface area contributed by atoms with E-state index >= 15 is 0 Å². The minimum Gasteiger partial charge on any atom is -0.350 e. The van der Waals surface area contributed by atoms with E-state index in [1.807, 2.05) is 0 Å². The highest BCUT2D eigenvalue weighted by Gasteiger charge is 2.18. The average molecular weight is 359 g/mol. The first-order valence-electron chi connectivity index (χ1n) is 9.30. The van der Waals surface area contributed by atoms with Crippen LogP contribution in [0.5, 0.6) is 0 Å². The maximum absolute atomic E-state index is 12.2. The van der Waals surface area contributed by atoms with Gasteiger partial charge >= 0.3 is 0 Å². The highest BCUT2D eigenvalue weighted by Crippen LogP contribution is 2.24. The predicted octanol–water partition coefficient (Wildman–Crippen LogP) is 2.59. The summed E-state index contributed by atoms with van der Waals surface area (Å²) in [5, 5.41) is 13.7. The van der Waals surface area contributed by atoms with Gasteiger partial charge in [0.15, 0.2) is 5.13 Å². The molecule has 0 radical (unpaired) electrons. The molecule has 2 aromatic heterocycles. The van der Waals surface area contributed by atoms with Crippen LogP contribution >= 0.6 is 11.3 Å². The molecule has 1 aliphatic carbocycles. The van der Waals surface area contributed by atoms with Crippen molar-refractivity contribution >= 4 is 22.4 Å². The van der Waals surface area contributed by atoms with Gasteiger partial charge in [-0.05, 0) is 44.1 Å². The molecule has 2 aromatic rings. The van der Waals surface area contributed by atoms with Gasteiger partial charge < -0.3 is 10.2 Å². The van der Waals surface area contributed by atoms with Gasteiger partial charge in [0.1, 0.15) is 0 Å². The highest BCUT2D eigenvalue weighted by atomic mass is 32.1. The Morgan fingerprint density at radius 3 is 2.96 bits per heavy atom. The first-order valence-corrected chi connectivity index (χ1v) is 10.2. The number of rotatable bonds is 6.